The molecule has 3 rings (SSSR count). The number of para-hydroxylation sites is 1. The van der Waals surface area contributed by atoms with Gasteiger partial charge in [-0.15, -0.1) is 0 Å². The number of methoxy groups -OCH3 is 1. The number of ether oxygens (including phenoxy) is 2. The van der Waals surface area contributed by atoms with Crippen molar-refractivity contribution in [3.05, 3.63) is 54.6 Å². The second kappa shape index (κ2) is 7.06. The third-order valence-electron chi connectivity index (χ3n) is 4.36. The SMILES string of the molecule is COC(=O)[C@]1(S(=O)(=O)c2ccc(Oc3ccccc3)cc2)CCCN1O. The Morgan fingerprint density at radius 3 is 2.23 bits per heavy atom. The molecule has 1 N–H and O–H groups in total. The topological polar surface area (TPSA) is 93.1 Å². The molecular formula is C18H19NO6S. The van der Waals surface area contributed by atoms with Crippen LogP contribution < -0.4 is 4.74 Å². The van der Waals surface area contributed by atoms with E-state index in [-0.39, 0.29) is 17.9 Å². The summed E-state index contributed by atoms with van der Waals surface area (Å²) in [4.78, 5) is 10.0. The Kier molecular flexibility index (Phi) is 4.99. The van der Waals surface area contributed by atoms with Gasteiger partial charge in [0.05, 0.1) is 12.0 Å². The molecular weight excluding hydrogens is 358 g/mol. The van der Waals surface area contributed by atoms with Crippen LogP contribution in [0.3, 0.4) is 0 Å². The number of benzene rings is 2. The van der Waals surface area contributed by atoms with E-state index in [1.165, 1.54) is 24.3 Å². The van der Waals surface area contributed by atoms with Crippen LogP contribution in [0.2, 0.25) is 0 Å². The predicted octanol–water partition coefficient (Wildman–Crippen LogP) is 2.61. The standard InChI is InChI=1S/C18H19NO6S/c1-24-17(20)18(12-5-13-19(18)21)26(22,23)16-10-8-15(9-11-16)25-14-6-3-2-4-7-14/h2-4,6-11,21H,5,12-13H2,1H3/t18-/m1/s1. The number of rotatable bonds is 5. The van der Waals surface area contributed by atoms with Crippen molar-refractivity contribution in [1.82, 2.24) is 5.06 Å². The minimum Gasteiger partial charge on any atom is -0.467 e. The lowest BCUT2D eigenvalue weighted by Crippen LogP contribution is -2.55. The van der Waals surface area contributed by atoms with E-state index in [1.54, 1.807) is 12.1 Å². The molecule has 0 amide bonds. The van der Waals surface area contributed by atoms with Gasteiger partial charge in [0, 0.05) is 6.54 Å². The van der Waals surface area contributed by atoms with Crippen LogP contribution in [0.25, 0.3) is 0 Å². The Bertz CT molecular complexity index is 882. The Morgan fingerprint density at radius 1 is 1.08 bits per heavy atom. The first-order valence-electron chi connectivity index (χ1n) is 8.04. The summed E-state index contributed by atoms with van der Waals surface area (Å²) in [6, 6.07) is 14.8. The molecule has 1 heterocycles. The Morgan fingerprint density at radius 2 is 1.69 bits per heavy atom. The number of hydrogen-bond acceptors (Lipinski definition) is 7. The summed E-state index contributed by atoms with van der Waals surface area (Å²) < 4.78 is 36.5. The summed E-state index contributed by atoms with van der Waals surface area (Å²) in [7, 11) is -3.10. The lowest BCUT2D eigenvalue weighted by molar-refractivity contribution is -0.171. The van der Waals surface area contributed by atoms with Crippen molar-refractivity contribution in [2.24, 2.45) is 0 Å². The molecule has 1 aliphatic rings. The van der Waals surface area contributed by atoms with Crippen LogP contribution in [0.5, 0.6) is 11.5 Å². The average molecular weight is 377 g/mol. The molecule has 0 saturated carbocycles. The van der Waals surface area contributed by atoms with E-state index in [9.17, 15) is 18.4 Å². The predicted molar refractivity (Wildman–Crippen MR) is 92.6 cm³/mol. The largest absolute Gasteiger partial charge is 0.467 e. The molecule has 26 heavy (non-hydrogen) atoms. The maximum Gasteiger partial charge on any atom is 0.344 e. The van der Waals surface area contributed by atoms with E-state index in [0.29, 0.717) is 23.0 Å². The van der Waals surface area contributed by atoms with E-state index >= 15 is 0 Å². The van der Waals surface area contributed by atoms with Crippen molar-refractivity contribution >= 4 is 15.8 Å². The van der Waals surface area contributed by atoms with Crippen LogP contribution in [0.4, 0.5) is 0 Å². The number of nitrogens with zero attached hydrogens (tertiary/aromatic N) is 1. The van der Waals surface area contributed by atoms with E-state index in [1.807, 2.05) is 18.2 Å². The number of hydrogen-bond donors (Lipinski definition) is 1. The third kappa shape index (κ3) is 2.96. The molecule has 0 aliphatic carbocycles. The molecule has 0 spiro atoms. The van der Waals surface area contributed by atoms with Gasteiger partial charge >= 0.3 is 5.97 Å². The zero-order valence-corrected chi connectivity index (χ0v) is 15.0. The van der Waals surface area contributed by atoms with E-state index in [2.05, 4.69) is 4.74 Å². The van der Waals surface area contributed by atoms with Gasteiger partial charge in [-0.1, -0.05) is 18.2 Å². The Hall–Kier alpha value is -2.42. The zero-order valence-electron chi connectivity index (χ0n) is 14.2. The fraction of sp³-hybridized carbons (Fsp3) is 0.278. The molecule has 7 nitrogen and oxygen atoms in total. The van der Waals surface area contributed by atoms with Crippen molar-refractivity contribution in [3.63, 3.8) is 0 Å². The maximum absolute atomic E-state index is 13.1. The highest BCUT2D eigenvalue weighted by molar-refractivity contribution is 7.93. The molecule has 1 aliphatic heterocycles. The lowest BCUT2D eigenvalue weighted by Gasteiger charge is -2.30. The van der Waals surface area contributed by atoms with Crippen molar-refractivity contribution in [1.29, 1.82) is 0 Å². The van der Waals surface area contributed by atoms with Gasteiger partial charge < -0.3 is 14.7 Å². The van der Waals surface area contributed by atoms with Crippen molar-refractivity contribution < 1.29 is 27.9 Å². The zero-order chi connectivity index (χ0) is 18.8. The summed E-state index contributed by atoms with van der Waals surface area (Å²) >= 11 is 0. The smallest absolute Gasteiger partial charge is 0.344 e. The van der Waals surface area contributed by atoms with E-state index in [4.69, 9.17) is 4.74 Å². The van der Waals surface area contributed by atoms with Gasteiger partial charge in [-0.05, 0) is 49.2 Å². The number of hydroxylamine groups is 2. The first-order chi connectivity index (χ1) is 12.4. The number of esters is 1. The summed E-state index contributed by atoms with van der Waals surface area (Å²) in [5.41, 5.74) is 0. The number of carbonyl (C=O) groups excluding carboxylic acids is 1. The van der Waals surface area contributed by atoms with Crippen molar-refractivity contribution in [2.75, 3.05) is 13.7 Å². The van der Waals surface area contributed by atoms with Gasteiger partial charge in [0.2, 0.25) is 14.7 Å². The average Bonchev–Trinajstić information content (AvgIpc) is 3.05. The summed E-state index contributed by atoms with van der Waals surface area (Å²) in [6.45, 7) is 0.0729. The first kappa shape index (κ1) is 18.4. The molecule has 0 unspecified atom stereocenters. The molecule has 1 saturated heterocycles. The van der Waals surface area contributed by atoms with E-state index < -0.39 is 20.7 Å². The molecule has 0 bridgehead atoms. The summed E-state index contributed by atoms with van der Waals surface area (Å²) in [6.07, 6.45) is 0.320. The maximum atomic E-state index is 13.1. The fourth-order valence-corrected chi connectivity index (χ4v) is 5.00. The van der Waals surface area contributed by atoms with Gasteiger partial charge in [0.1, 0.15) is 11.5 Å². The third-order valence-corrected chi connectivity index (χ3v) is 6.73. The molecule has 138 valence electrons. The second-order valence-corrected chi connectivity index (χ2v) is 8.05. The highest BCUT2D eigenvalue weighted by Crippen LogP contribution is 2.39. The van der Waals surface area contributed by atoms with Crippen LogP contribution in [0.15, 0.2) is 59.5 Å². The fourth-order valence-electron chi connectivity index (χ4n) is 3.03. The molecule has 2 aromatic carbocycles. The molecule has 0 radical (unpaired) electrons. The highest BCUT2D eigenvalue weighted by Gasteiger charge is 2.59. The molecule has 0 aromatic heterocycles. The van der Waals surface area contributed by atoms with Crippen molar-refractivity contribution in [3.8, 4) is 11.5 Å². The minimum absolute atomic E-state index is 0.0409. The van der Waals surface area contributed by atoms with Crippen LogP contribution in [-0.2, 0) is 19.4 Å². The van der Waals surface area contributed by atoms with E-state index in [0.717, 1.165) is 7.11 Å². The van der Waals surface area contributed by atoms with Crippen LogP contribution in [0, 0.1) is 0 Å². The molecule has 8 heteroatoms. The number of carbonyl (C=O) groups is 1. The van der Waals surface area contributed by atoms with Gasteiger partial charge in [0.25, 0.3) is 0 Å². The summed E-state index contributed by atoms with van der Waals surface area (Å²) in [5.74, 6) is 0.0723. The monoisotopic (exact) mass is 377 g/mol. The van der Waals surface area contributed by atoms with Gasteiger partial charge in [-0.25, -0.2) is 13.2 Å². The second-order valence-electron chi connectivity index (χ2n) is 5.89. The van der Waals surface area contributed by atoms with Crippen molar-refractivity contribution in [2.45, 2.75) is 22.6 Å². The first-order valence-corrected chi connectivity index (χ1v) is 9.52. The molecule has 1 fully saturated rings. The summed E-state index contributed by atoms with van der Waals surface area (Å²) in [5, 5.41) is 10.7. The highest BCUT2D eigenvalue weighted by atomic mass is 32.2. The van der Waals surface area contributed by atoms with Crippen LogP contribution >= 0.6 is 0 Å². The lowest BCUT2D eigenvalue weighted by atomic mass is 10.2. The molecule has 1 atom stereocenters. The Balaban J connectivity index is 1.93. The molecule has 2 aromatic rings. The normalized spacial score (nSPS) is 20.7. The number of sulfone groups is 1. The van der Waals surface area contributed by atoms with Gasteiger partial charge in [-0.2, -0.15) is 5.06 Å². The Labute approximate surface area is 151 Å². The van der Waals surface area contributed by atoms with Crippen LogP contribution in [0.1, 0.15) is 12.8 Å². The quantitative estimate of drug-likeness (QED) is 0.801. The van der Waals surface area contributed by atoms with Crippen LogP contribution in [-0.4, -0.2) is 43.2 Å². The van der Waals surface area contributed by atoms with Gasteiger partial charge in [-0.3, -0.25) is 0 Å². The van der Waals surface area contributed by atoms with Gasteiger partial charge in [0.15, 0.2) is 0 Å². The minimum atomic E-state index is -4.20.